The number of hydrogen-bond donors (Lipinski definition) is 0. The molecule has 0 aliphatic carbocycles. The van der Waals surface area contributed by atoms with Crippen LogP contribution in [-0.4, -0.2) is 17.5 Å². The van der Waals surface area contributed by atoms with Crippen molar-refractivity contribution in [3.8, 4) is 0 Å². The van der Waals surface area contributed by atoms with Crippen LogP contribution >= 0.6 is 0 Å². The third-order valence-electron chi connectivity index (χ3n) is 0.111. The normalized spacial score (nSPS) is 14.8. The summed E-state index contributed by atoms with van der Waals surface area (Å²) in [5, 5.41) is 0. The van der Waals surface area contributed by atoms with E-state index in [1.165, 1.54) is 0 Å². The van der Waals surface area contributed by atoms with Crippen molar-refractivity contribution in [2.75, 3.05) is 0 Å². The van der Waals surface area contributed by atoms with Crippen LogP contribution in [0, 0.1) is 0 Å². The van der Waals surface area contributed by atoms with Gasteiger partial charge in [0.1, 0.15) is 0 Å². The molecule has 0 rings (SSSR count). The zero-order valence-electron chi connectivity index (χ0n) is 4.16. The van der Waals surface area contributed by atoms with E-state index in [-0.39, 0.29) is 49.0 Å². The first-order valence-corrected chi connectivity index (χ1v) is 3.50. The van der Waals surface area contributed by atoms with Crippen LogP contribution in [-0.2, 0) is 39.7 Å². The summed E-state index contributed by atoms with van der Waals surface area (Å²) in [5.74, 6) is 0. The van der Waals surface area contributed by atoms with Crippen LogP contribution in [0.15, 0.2) is 0 Å². The van der Waals surface area contributed by atoms with Gasteiger partial charge in [0, 0.05) is 20.2 Å². The largest absolute Gasteiger partial charge is 2.00 e. The first kappa shape index (κ1) is 16.4. The van der Waals surface area contributed by atoms with Crippen LogP contribution in [0.3, 0.4) is 0 Å². The molecule has 0 spiro atoms. The van der Waals surface area contributed by atoms with Crippen molar-refractivity contribution in [1.29, 1.82) is 0 Å². The van der Waals surface area contributed by atoms with Gasteiger partial charge in [-0.1, -0.05) is 0 Å². The fraction of sp³-hybridized carbons (Fsp3) is 0. The van der Waals surface area contributed by atoms with Gasteiger partial charge in [-0.3, -0.25) is 8.42 Å². The van der Waals surface area contributed by atoms with Crippen LogP contribution in [0.4, 0.5) is 0 Å². The maximum absolute atomic E-state index is 9.09. The molecule has 0 aromatic carbocycles. The summed E-state index contributed by atoms with van der Waals surface area (Å²) in [7, 11) is -5.90. The van der Waals surface area contributed by atoms with Gasteiger partial charge in [-0.15, -0.1) is 0 Å². The van der Waals surface area contributed by atoms with E-state index in [2.05, 4.69) is 0 Å². The molecular formula is NaO4S2Zn+. The number of rotatable bonds is 1. The van der Waals surface area contributed by atoms with Crippen molar-refractivity contribution in [3.05, 3.63) is 0 Å². The Bertz CT molecular complexity index is 80.0. The molecule has 0 bridgehead atoms. The molecule has 0 aromatic rings. The molecule has 8 heteroatoms. The van der Waals surface area contributed by atoms with Gasteiger partial charge in [-0.05, 0) is 0 Å². The van der Waals surface area contributed by atoms with Gasteiger partial charge in [-0.2, -0.15) is 0 Å². The molecule has 8 heavy (non-hydrogen) atoms. The fourth-order valence-electron chi connectivity index (χ4n) is 0. The first-order chi connectivity index (χ1) is 2.64. The van der Waals surface area contributed by atoms with E-state index in [0.717, 1.165) is 0 Å². The molecule has 0 saturated carbocycles. The summed E-state index contributed by atoms with van der Waals surface area (Å²) in [5.41, 5.74) is 0. The van der Waals surface area contributed by atoms with Crippen molar-refractivity contribution >= 4 is 20.2 Å². The summed E-state index contributed by atoms with van der Waals surface area (Å²) < 4.78 is 36.3. The third kappa shape index (κ3) is 10.8. The third-order valence-corrected chi connectivity index (χ3v) is 1.00. The molecule has 0 fully saturated rings. The Morgan fingerprint density at radius 2 is 1.12 bits per heavy atom. The monoisotopic (exact) mass is 215 g/mol. The van der Waals surface area contributed by atoms with Gasteiger partial charge in [0.15, 0.2) is 0 Å². The Balaban J connectivity index is -0.000000125. The second-order valence-corrected chi connectivity index (χ2v) is 2.86. The van der Waals surface area contributed by atoms with Gasteiger partial charge in [0.2, 0.25) is 0 Å². The topological polar surface area (TPSA) is 80.3 Å². The average molecular weight is 217 g/mol. The molecule has 4 nitrogen and oxygen atoms in total. The molecule has 2 atom stereocenters. The minimum atomic E-state index is -2.95. The zero-order chi connectivity index (χ0) is 5.15. The summed E-state index contributed by atoms with van der Waals surface area (Å²) in [6.07, 6.45) is 0. The predicted octanol–water partition coefficient (Wildman–Crippen LogP) is -4.34. The smallest absolute Gasteiger partial charge is 0.763 e. The molecule has 0 amide bonds. The van der Waals surface area contributed by atoms with E-state index in [1.54, 1.807) is 0 Å². The minimum absolute atomic E-state index is 0. The van der Waals surface area contributed by atoms with E-state index >= 15 is 0 Å². The van der Waals surface area contributed by atoms with Gasteiger partial charge < -0.3 is 9.11 Å². The van der Waals surface area contributed by atoms with E-state index in [1.807, 2.05) is 0 Å². The Hall–Kier alpha value is 1.84. The predicted molar refractivity (Wildman–Crippen MR) is 17.8 cm³/mol. The average Bonchev–Trinajstić information content (AvgIpc) is 1.36. The van der Waals surface area contributed by atoms with Crippen molar-refractivity contribution in [3.63, 3.8) is 0 Å². The molecule has 0 N–H and O–H groups in total. The second-order valence-electron chi connectivity index (χ2n) is 0.408. The van der Waals surface area contributed by atoms with Gasteiger partial charge >= 0.3 is 49.0 Å². The summed E-state index contributed by atoms with van der Waals surface area (Å²) in [4.78, 5) is 0. The zero-order valence-corrected chi connectivity index (χ0v) is 10.8. The Morgan fingerprint density at radius 3 is 1.12 bits per heavy atom. The SMILES string of the molecule is O=S([O-])S(=O)[O-].[Na+].[Zn+2]. The Kier molecular flexibility index (Phi) is 18.2. The first-order valence-electron chi connectivity index (χ1n) is 0.833. The Labute approximate surface area is 85.8 Å². The number of hydrogen-bond acceptors (Lipinski definition) is 4. The van der Waals surface area contributed by atoms with Crippen molar-refractivity contribution in [2.24, 2.45) is 0 Å². The maximum Gasteiger partial charge on any atom is 2.00 e. The van der Waals surface area contributed by atoms with E-state index in [9.17, 15) is 0 Å². The standard InChI is InChI=1S/Na.H2O4S2.Zn/c;1-5(2)6(3)4;/h;(H,1,2)(H,3,4);/q+1;;+2/p-2. The van der Waals surface area contributed by atoms with E-state index < -0.39 is 20.2 Å². The quantitative estimate of drug-likeness (QED) is 0.252. The minimum Gasteiger partial charge on any atom is -0.763 e. The molecular weight excluding hydrogens is 217 g/mol. The summed E-state index contributed by atoms with van der Waals surface area (Å²) in [6, 6.07) is 0. The summed E-state index contributed by atoms with van der Waals surface area (Å²) in [6.45, 7) is 0. The van der Waals surface area contributed by atoms with Crippen LogP contribution in [0.5, 0.6) is 0 Å². The molecule has 0 aliphatic rings. The van der Waals surface area contributed by atoms with E-state index in [4.69, 9.17) is 17.5 Å². The van der Waals surface area contributed by atoms with Crippen LogP contribution in [0.25, 0.3) is 0 Å². The molecule has 0 aliphatic heterocycles. The van der Waals surface area contributed by atoms with Crippen molar-refractivity contribution < 1.29 is 66.6 Å². The van der Waals surface area contributed by atoms with Gasteiger partial charge in [-0.25, -0.2) is 0 Å². The Morgan fingerprint density at radius 1 is 1.00 bits per heavy atom. The van der Waals surface area contributed by atoms with Crippen molar-refractivity contribution in [1.82, 2.24) is 0 Å². The van der Waals surface area contributed by atoms with Gasteiger partial charge in [0.25, 0.3) is 0 Å². The van der Waals surface area contributed by atoms with Crippen LogP contribution in [0.2, 0.25) is 0 Å². The van der Waals surface area contributed by atoms with Crippen LogP contribution in [0.1, 0.15) is 0 Å². The molecule has 0 heterocycles. The van der Waals surface area contributed by atoms with Gasteiger partial charge in [0.05, 0.1) is 0 Å². The van der Waals surface area contributed by atoms with E-state index in [0.29, 0.717) is 0 Å². The second kappa shape index (κ2) is 8.84. The molecule has 0 aromatic heterocycles. The van der Waals surface area contributed by atoms with Crippen molar-refractivity contribution in [2.45, 2.75) is 0 Å². The van der Waals surface area contributed by atoms with Crippen LogP contribution < -0.4 is 29.6 Å². The molecule has 0 saturated heterocycles. The summed E-state index contributed by atoms with van der Waals surface area (Å²) >= 11 is 0. The molecule has 2 unspecified atom stereocenters. The molecule has 38 valence electrons. The molecule has 0 radical (unpaired) electrons. The fourth-order valence-corrected chi connectivity index (χ4v) is 0. The maximum atomic E-state index is 9.09.